The van der Waals surface area contributed by atoms with Crippen LogP contribution in [0.2, 0.25) is 0 Å². The van der Waals surface area contributed by atoms with Crippen molar-refractivity contribution in [1.29, 1.82) is 0 Å². The quantitative estimate of drug-likeness (QED) is 0.863. The molecule has 0 aliphatic heterocycles. The molecule has 2 N–H and O–H groups in total. The van der Waals surface area contributed by atoms with E-state index in [9.17, 15) is 4.79 Å². The molecule has 0 spiro atoms. The number of aliphatic hydroxyl groups excluding tert-OH is 1. The van der Waals surface area contributed by atoms with Crippen LogP contribution in [-0.4, -0.2) is 24.7 Å². The molecule has 1 amide bonds. The Morgan fingerprint density at radius 2 is 2.33 bits per heavy atom. The summed E-state index contributed by atoms with van der Waals surface area (Å²) in [7, 11) is 1.57. The molecule has 0 saturated heterocycles. The number of benzene rings is 1. The standard InChI is InChI=1S/C10H12BrNO3/c1-15-9-3-2-8(11)4-7(9)5-12-10(14)6-13/h2-4,13H,5-6H2,1H3,(H,12,14). The minimum atomic E-state index is -0.504. The van der Waals surface area contributed by atoms with Gasteiger partial charge in [-0.05, 0) is 18.2 Å². The molecule has 5 heteroatoms. The first kappa shape index (κ1) is 12.0. The average molecular weight is 274 g/mol. The van der Waals surface area contributed by atoms with E-state index in [-0.39, 0.29) is 0 Å². The summed E-state index contributed by atoms with van der Waals surface area (Å²) < 4.78 is 6.05. The highest BCUT2D eigenvalue weighted by Gasteiger charge is 2.05. The van der Waals surface area contributed by atoms with Crippen LogP contribution in [0.1, 0.15) is 5.56 Å². The molecule has 1 aromatic rings. The van der Waals surface area contributed by atoms with Gasteiger partial charge in [-0.1, -0.05) is 15.9 Å². The second-order valence-corrected chi connectivity index (χ2v) is 3.81. The van der Waals surface area contributed by atoms with Crippen LogP contribution < -0.4 is 10.1 Å². The molecule has 0 atom stereocenters. The SMILES string of the molecule is COc1ccc(Br)cc1CNC(=O)CO. The largest absolute Gasteiger partial charge is 0.496 e. The molecule has 1 rings (SSSR count). The molecule has 0 radical (unpaired) electrons. The van der Waals surface area contributed by atoms with Gasteiger partial charge in [0.1, 0.15) is 12.4 Å². The highest BCUT2D eigenvalue weighted by atomic mass is 79.9. The maximum atomic E-state index is 10.9. The molecule has 0 aliphatic carbocycles. The number of hydrogen-bond acceptors (Lipinski definition) is 3. The van der Waals surface area contributed by atoms with E-state index in [0.717, 1.165) is 10.0 Å². The number of amides is 1. The number of aliphatic hydroxyl groups is 1. The second kappa shape index (κ2) is 5.72. The van der Waals surface area contributed by atoms with Gasteiger partial charge in [0.15, 0.2) is 0 Å². The van der Waals surface area contributed by atoms with E-state index in [0.29, 0.717) is 12.3 Å². The fourth-order valence-corrected chi connectivity index (χ4v) is 1.54. The Hall–Kier alpha value is -1.07. The molecule has 0 aliphatic rings. The van der Waals surface area contributed by atoms with Crippen LogP contribution in [0.4, 0.5) is 0 Å². The zero-order valence-corrected chi connectivity index (χ0v) is 9.87. The van der Waals surface area contributed by atoms with Crippen molar-refractivity contribution < 1.29 is 14.6 Å². The molecule has 82 valence electrons. The monoisotopic (exact) mass is 273 g/mol. The molecule has 1 aromatic carbocycles. The molecular weight excluding hydrogens is 262 g/mol. The van der Waals surface area contributed by atoms with E-state index in [4.69, 9.17) is 9.84 Å². The van der Waals surface area contributed by atoms with Crippen LogP contribution in [-0.2, 0) is 11.3 Å². The van der Waals surface area contributed by atoms with Crippen molar-refractivity contribution in [3.63, 3.8) is 0 Å². The van der Waals surface area contributed by atoms with E-state index in [2.05, 4.69) is 21.2 Å². The number of halogens is 1. The molecule has 4 nitrogen and oxygen atoms in total. The van der Waals surface area contributed by atoms with Crippen LogP contribution in [0.5, 0.6) is 5.75 Å². The van der Waals surface area contributed by atoms with Gasteiger partial charge in [-0.15, -0.1) is 0 Å². The van der Waals surface area contributed by atoms with Gasteiger partial charge in [-0.25, -0.2) is 0 Å². The van der Waals surface area contributed by atoms with Gasteiger partial charge in [-0.2, -0.15) is 0 Å². The summed E-state index contributed by atoms with van der Waals surface area (Å²) in [5, 5.41) is 11.1. The van der Waals surface area contributed by atoms with Crippen LogP contribution >= 0.6 is 15.9 Å². The first-order valence-corrected chi connectivity index (χ1v) is 5.16. The van der Waals surface area contributed by atoms with E-state index < -0.39 is 12.5 Å². The fourth-order valence-electron chi connectivity index (χ4n) is 1.14. The number of rotatable bonds is 4. The summed E-state index contributed by atoms with van der Waals surface area (Å²) in [6, 6.07) is 5.53. The lowest BCUT2D eigenvalue weighted by atomic mass is 10.2. The highest BCUT2D eigenvalue weighted by Crippen LogP contribution is 2.22. The number of ether oxygens (including phenoxy) is 1. The van der Waals surface area contributed by atoms with Gasteiger partial charge >= 0.3 is 0 Å². The van der Waals surface area contributed by atoms with E-state index in [1.165, 1.54) is 0 Å². The number of hydrogen-bond donors (Lipinski definition) is 2. The smallest absolute Gasteiger partial charge is 0.245 e. The summed E-state index contributed by atoms with van der Waals surface area (Å²) in [6.07, 6.45) is 0. The Kier molecular flexibility index (Phi) is 4.58. The second-order valence-electron chi connectivity index (χ2n) is 2.89. The molecule has 0 heterocycles. The van der Waals surface area contributed by atoms with Gasteiger partial charge < -0.3 is 15.2 Å². The van der Waals surface area contributed by atoms with Crippen LogP contribution in [0.15, 0.2) is 22.7 Å². The zero-order chi connectivity index (χ0) is 11.3. The third kappa shape index (κ3) is 3.53. The number of nitrogens with one attached hydrogen (secondary N) is 1. The summed E-state index contributed by atoms with van der Waals surface area (Å²) in [5.41, 5.74) is 0.855. The van der Waals surface area contributed by atoms with Crippen molar-refractivity contribution >= 4 is 21.8 Å². The maximum Gasteiger partial charge on any atom is 0.245 e. The summed E-state index contributed by atoms with van der Waals surface area (Å²) >= 11 is 3.33. The Bertz CT molecular complexity index is 355. The molecular formula is C10H12BrNO3. The first-order chi connectivity index (χ1) is 7.17. The van der Waals surface area contributed by atoms with Crippen molar-refractivity contribution in [3.8, 4) is 5.75 Å². The Balaban J connectivity index is 2.74. The van der Waals surface area contributed by atoms with Crippen molar-refractivity contribution in [2.45, 2.75) is 6.54 Å². The van der Waals surface area contributed by atoms with Gasteiger partial charge in [0.25, 0.3) is 0 Å². The van der Waals surface area contributed by atoms with Crippen molar-refractivity contribution in [3.05, 3.63) is 28.2 Å². The van der Waals surface area contributed by atoms with Gasteiger partial charge in [0.2, 0.25) is 5.91 Å². The van der Waals surface area contributed by atoms with E-state index >= 15 is 0 Å². The molecule has 0 fully saturated rings. The van der Waals surface area contributed by atoms with Crippen molar-refractivity contribution in [2.75, 3.05) is 13.7 Å². The predicted molar refractivity (Wildman–Crippen MR) is 59.6 cm³/mol. The summed E-state index contributed by atoms with van der Waals surface area (Å²) in [4.78, 5) is 10.9. The van der Waals surface area contributed by atoms with Crippen LogP contribution in [0.3, 0.4) is 0 Å². The maximum absolute atomic E-state index is 10.9. The Morgan fingerprint density at radius 3 is 2.93 bits per heavy atom. The lowest BCUT2D eigenvalue weighted by Crippen LogP contribution is -2.25. The third-order valence-electron chi connectivity index (χ3n) is 1.86. The van der Waals surface area contributed by atoms with E-state index in [1.54, 1.807) is 7.11 Å². The Morgan fingerprint density at radius 1 is 1.60 bits per heavy atom. The van der Waals surface area contributed by atoms with Crippen LogP contribution in [0.25, 0.3) is 0 Å². The molecule has 15 heavy (non-hydrogen) atoms. The van der Waals surface area contributed by atoms with Gasteiger partial charge in [0, 0.05) is 16.6 Å². The van der Waals surface area contributed by atoms with E-state index in [1.807, 2.05) is 18.2 Å². The Labute approximate surface area is 96.4 Å². The zero-order valence-electron chi connectivity index (χ0n) is 8.29. The predicted octanol–water partition coefficient (Wildman–Crippen LogP) is 1.07. The lowest BCUT2D eigenvalue weighted by molar-refractivity contribution is -0.123. The number of carbonyl (C=O) groups excluding carboxylic acids is 1. The molecule has 0 saturated carbocycles. The van der Waals surface area contributed by atoms with Crippen molar-refractivity contribution in [2.24, 2.45) is 0 Å². The highest BCUT2D eigenvalue weighted by molar-refractivity contribution is 9.10. The van der Waals surface area contributed by atoms with Crippen molar-refractivity contribution in [1.82, 2.24) is 5.32 Å². The summed E-state index contributed by atoms with van der Waals surface area (Å²) in [6.45, 7) is -0.168. The number of methoxy groups -OCH3 is 1. The van der Waals surface area contributed by atoms with Gasteiger partial charge in [-0.3, -0.25) is 4.79 Å². The van der Waals surface area contributed by atoms with Crippen LogP contribution in [0, 0.1) is 0 Å². The topological polar surface area (TPSA) is 58.6 Å². The fraction of sp³-hybridized carbons (Fsp3) is 0.300. The molecule has 0 unspecified atom stereocenters. The molecule has 0 bridgehead atoms. The average Bonchev–Trinajstić information content (AvgIpc) is 2.26. The summed E-state index contributed by atoms with van der Waals surface area (Å²) in [5.74, 6) is 0.300. The minimum absolute atomic E-state index is 0.335. The third-order valence-corrected chi connectivity index (χ3v) is 2.36. The number of carbonyl (C=O) groups is 1. The molecule has 0 aromatic heterocycles. The lowest BCUT2D eigenvalue weighted by Gasteiger charge is -2.09. The first-order valence-electron chi connectivity index (χ1n) is 4.37. The minimum Gasteiger partial charge on any atom is -0.496 e. The van der Waals surface area contributed by atoms with Gasteiger partial charge in [0.05, 0.1) is 7.11 Å². The normalized spacial score (nSPS) is 9.80.